The van der Waals surface area contributed by atoms with Crippen molar-refractivity contribution < 1.29 is 0 Å². The molecule has 1 heterocycles. The Labute approximate surface area is 309 Å². The normalized spacial score (nSPS) is 18.7. The second kappa shape index (κ2) is 10.5. The maximum absolute atomic E-state index is 2.55. The average molecular weight is 676 g/mol. The van der Waals surface area contributed by atoms with Crippen molar-refractivity contribution in [3.8, 4) is 39.1 Å². The van der Waals surface area contributed by atoms with Crippen molar-refractivity contribution >= 4 is 44.6 Å². The zero-order valence-corrected chi connectivity index (χ0v) is 29.9. The fourth-order valence-electron chi connectivity index (χ4n) is 10.3. The van der Waals surface area contributed by atoms with E-state index >= 15 is 0 Å². The molecule has 53 heavy (non-hydrogen) atoms. The van der Waals surface area contributed by atoms with E-state index in [0.29, 0.717) is 0 Å². The lowest BCUT2D eigenvalue weighted by Gasteiger charge is -2.28. The van der Waals surface area contributed by atoms with Crippen molar-refractivity contribution in [1.82, 2.24) is 4.57 Å². The van der Waals surface area contributed by atoms with Crippen LogP contribution in [0.5, 0.6) is 0 Å². The van der Waals surface area contributed by atoms with Crippen LogP contribution in [0, 0.1) is 11.3 Å². The molecule has 1 unspecified atom stereocenters. The van der Waals surface area contributed by atoms with E-state index in [2.05, 4.69) is 176 Å². The minimum Gasteiger partial charge on any atom is -0.309 e. The molecule has 1 nitrogen and oxygen atoms in total. The average Bonchev–Trinajstić information content (AvgIpc) is 3.71. The summed E-state index contributed by atoms with van der Waals surface area (Å²) in [6.45, 7) is 4.81. The summed E-state index contributed by atoms with van der Waals surface area (Å²) in [6, 6.07) is 43.1. The third-order valence-electron chi connectivity index (χ3n) is 12.8. The molecule has 0 saturated carbocycles. The number of hydrogen-bond donors (Lipinski definition) is 0. The van der Waals surface area contributed by atoms with Gasteiger partial charge in [-0.25, -0.2) is 0 Å². The number of hydrogen-bond acceptors (Lipinski definition) is 0. The zero-order valence-electron chi connectivity index (χ0n) is 29.9. The molecule has 7 aromatic rings. The minimum atomic E-state index is 0.0453. The number of para-hydroxylation sites is 1. The molecule has 0 radical (unpaired) electrons. The molecule has 1 atom stereocenters. The summed E-state index contributed by atoms with van der Waals surface area (Å²) in [5.41, 5.74) is 20.4. The van der Waals surface area contributed by atoms with Crippen LogP contribution in [0.25, 0.3) is 83.7 Å². The second-order valence-electron chi connectivity index (χ2n) is 16.0. The Bertz CT molecular complexity index is 2990. The maximum Gasteiger partial charge on any atom is 0.0541 e. The predicted molar refractivity (Wildman–Crippen MR) is 224 cm³/mol. The largest absolute Gasteiger partial charge is 0.309 e. The minimum absolute atomic E-state index is 0.0453. The molecule has 0 amide bonds. The lowest BCUT2D eigenvalue weighted by atomic mass is 9.76. The summed E-state index contributed by atoms with van der Waals surface area (Å²) in [6.07, 6.45) is 19.4. The molecule has 0 aliphatic heterocycles. The Balaban J connectivity index is 0.975. The molecular weight excluding hydrogens is 639 g/mol. The van der Waals surface area contributed by atoms with Crippen LogP contribution in [-0.4, -0.2) is 4.57 Å². The Hall–Kier alpha value is -6.18. The first-order valence-electron chi connectivity index (χ1n) is 19.1. The number of allylic oxidation sites excluding steroid dienone is 10. The van der Waals surface area contributed by atoms with E-state index in [9.17, 15) is 0 Å². The van der Waals surface area contributed by atoms with E-state index in [4.69, 9.17) is 0 Å². The van der Waals surface area contributed by atoms with E-state index in [1.54, 1.807) is 5.57 Å². The highest BCUT2D eigenvalue weighted by Gasteiger charge is 2.41. The maximum atomic E-state index is 2.55. The smallest absolute Gasteiger partial charge is 0.0541 e. The number of benzene rings is 6. The van der Waals surface area contributed by atoms with Crippen LogP contribution in [0.2, 0.25) is 0 Å². The van der Waals surface area contributed by atoms with E-state index in [-0.39, 0.29) is 11.3 Å². The van der Waals surface area contributed by atoms with Crippen LogP contribution < -0.4 is 0 Å². The molecule has 0 bridgehead atoms. The molecule has 1 heteroatoms. The summed E-state index contributed by atoms with van der Waals surface area (Å²) in [5, 5.41) is 6.49. The van der Waals surface area contributed by atoms with Gasteiger partial charge in [0.1, 0.15) is 0 Å². The molecule has 6 aromatic carbocycles. The number of nitrogens with zero attached hydrogens (tertiary/aromatic N) is 1. The Morgan fingerprint density at radius 1 is 0.660 bits per heavy atom. The van der Waals surface area contributed by atoms with Crippen LogP contribution in [0.3, 0.4) is 0 Å². The second-order valence-corrected chi connectivity index (χ2v) is 16.0. The van der Waals surface area contributed by atoms with Gasteiger partial charge in [0.2, 0.25) is 0 Å². The molecule has 0 N–H and O–H groups in total. The van der Waals surface area contributed by atoms with Crippen molar-refractivity contribution in [3.05, 3.63) is 185 Å². The lowest BCUT2D eigenvalue weighted by Crippen LogP contribution is -2.16. The predicted octanol–water partition coefficient (Wildman–Crippen LogP) is 13.8. The van der Waals surface area contributed by atoms with Gasteiger partial charge >= 0.3 is 0 Å². The summed E-state index contributed by atoms with van der Waals surface area (Å²) in [5.74, 6) is 0.257. The SMILES string of the molecule is CC1(C)C2=CC3C=Cc4c(c5ccccc5n4-c4ccc5cc(-c6ccc7c8c(cccc68)-c6ccccc6-7)ccc5c4)C=C3C=C2C2=C1C=CCC2. The fraction of sp³-hybridized carbons (Fsp3) is 0.115. The summed E-state index contributed by atoms with van der Waals surface area (Å²) < 4.78 is 2.47. The van der Waals surface area contributed by atoms with Gasteiger partial charge in [0, 0.05) is 28.0 Å². The van der Waals surface area contributed by atoms with Gasteiger partial charge < -0.3 is 4.57 Å². The van der Waals surface area contributed by atoms with E-state index < -0.39 is 0 Å². The molecule has 0 spiro atoms. The fourth-order valence-corrected chi connectivity index (χ4v) is 10.3. The Kier molecular flexibility index (Phi) is 5.80. The van der Waals surface area contributed by atoms with Gasteiger partial charge in [0.15, 0.2) is 0 Å². The van der Waals surface area contributed by atoms with Crippen LogP contribution in [0.1, 0.15) is 37.9 Å². The first-order chi connectivity index (χ1) is 26.0. The Morgan fingerprint density at radius 2 is 1.42 bits per heavy atom. The Morgan fingerprint density at radius 3 is 2.32 bits per heavy atom. The van der Waals surface area contributed by atoms with Crippen molar-refractivity contribution in [2.75, 3.05) is 0 Å². The van der Waals surface area contributed by atoms with Gasteiger partial charge in [-0.15, -0.1) is 0 Å². The number of rotatable bonds is 2. The van der Waals surface area contributed by atoms with Crippen LogP contribution in [0.4, 0.5) is 0 Å². The lowest BCUT2D eigenvalue weighted by molar-refractivity contribution is 0.569. The van der Waals surface area contributed by atoms with Crippen molar-refractivity contribution in [3.63, 3.8) is 0 Å². The number of fused-ring (bicyclic) bond motifs is 10. The highest BCUT2D eigenvalue weighted by atomic mass is 15.0. The third kappa shape index (κ3) is 3.97. The highest BCUT2D eigenvalue weighted by Crippen LogP contribution is 2.56. The summed E-state index contributed by atoms with van der Waals surface area (Å²) >= 11 is 0. The van der Waals surface area contributed by atoms with Crippen molar-refractivity contribution in [1.29, 1.82) is 0 Å². The first-order valence-corrected chi connectivity index (χ1v) is 19.1. The quantitative estimate of drug-likeness (QED) is 0.172. The van der Waals surface area contributed by atoms with Crippen LogP contribution in [0.15, 0.2) is 174 Å². The van der Waals surface area contributed by atoms with Crippen LogP contribution in [-0.2, 0) is 0 Å². The summed E-state index contributed by atoms with van der Waals surface area (Å²) in [4.78, 5) is 0. The van der Waals surface area contributed by atoms with Crippen molar-refractivity contribution in [2.45, 2.75) is 26.7 Å². The zero-order chi connectivity index (χ0) is 35.0. The third-order valence-corrected chi connectivity index (χ3v) is 12.8. The van der Waals surface area contributed by atoms with Gasteiger partial charge in [-0.2, -0.15) is 0 Å². The molecule has 12 rings (SSSR count). The number of aromatic nitrogens is 1. The highest BCUT2D eigenvalue weighted by molar-refractivity contribution is 6.18. The molecular formula is C52H37N. The molecule has 250 valence electrons. The van der Waals surface area contributed by atoms with E-state index in [1.165, 1.54) is 105 Å². The van der Waals surface area contributed by atoms with Gasteiger partial charge in [-0.05, 0) is 132 Å². The van der Waals surface area contributed by atoms with E-state index in [0.717, 1.165) is 12.8 Å². The molecule has 0 saturated heterocycles. The standard InChI is InChI=1S/C52H37N/c1-52(2)47-16-7-5-12-40(47)45-28-35-29-46-41-13-6-8-17-49(41)53(50(46)25-21-33(35)30-48(45)52)36-22-20-31-26-34(19-18-32(31)27-36)37-23-24-44-39-11-4-3-10-38(39)43-15-9-14-42(37)51(43)44/h3-4,6-11,13-30,33H,5,12H2,1-2H3. The molecule has 5 aliphatic carbocycles. The van der Waals surface area contributed by atoms with E-state index in [1.807, 2.05) is 0 Å². The van der Waals surface area contributed by atoms with Gasteiger partial charge in [0.05, 0.1) is 11.2 Å². The summed E-state index contributed by atoms with van der Waals surface area (Å²) in [7, 11) is 0. The molecule has 1 aromatic heterocycles. The van der Waals surface area contributed by atoms with Crippen LogP contribution >= 0.6 is 0 Å². The monoisotopic (exact) mass is 675 g/mol. The van der Waals surface area contributed by atoms with Crippen molar-refractivity contribution in [2.24, 2.45) is 11.3 Å². The van der Waals surface area contributed by atoms with Gasteiger partial charge in [-0.1, -0.05) is 135 Å². The molecule has 5 aliphatic rings. The molecule has 0 fully saturated rings. The first kappa shape index (κ1) is 29.4. The van der Waals surface area contributed by atoms with Gasteiger partial charge in [0.25, 0.3) is 0 Å². The van der Waals surface area contributed by atoms with Gasteiger partial charge in [-0.3, -0.25) is 0 Å². The topological polar surface area (TPSA) is 4.93 Å².